The van der Waals surface area contributed by atoms with Crippen LogP contribution in [0.15, 0.2) is 12.1 Å². The number of benzene rings is 1. The number of aliphatic hydroxyl groups is 2. The molecule has 1 aromatic carbocycles. The number of nitrogens with zero attached hydrogens (tertiary/aromatic N) is 3. The van der Waals surface area contributed by atoms with Crippen LogP contribution in [0.4, 0.5) is 17.3 Å². The van der Waals surface area contributed by atoms with Crippen LogP contribution in [0.1, 0.15) is 0 Å². The first-order chi connectivity index (χ1) is 10.5. The first-order valence-electron chi connectivity index (χ1n) is 6.37. The maximum absolute atomic E-state index is 10.9. The Bertz CT molecular complexity index is 663. The summed E-state index contributed by atoms with van der Waals surface area (Å²) in [7, 11) is 0. The maximum atomic E-state index is 10.9. The van der Waals surface area contributed by atoms with Crippen molar-refractivity contribution in [1.82, 2.24) is 9.97 Å². The van der Waals surface area contributed by atoms with Gasteiger partial charge in [-0.3, -0.25) is 30.1 Å². The molecule has 0 aliphatic heterocycles. The lowest BCUT2D eigenvalue weighted by atomic mass is 10.2. The van der Waals surface area contributed by atoms with Gasteiger partial charge >= 0.3 is 17.3 Å². The van der Waals surface area contributed by atoms with E-state index in [0.29, 0.717) is 10.8 Å². The van der Waals surface area contributed by atoms with Gasteiger partial charge in [0.1, 0.15) is 18.6 Å². The zero-order chi connectivity index (χ0) is 16.3. The minimum absolute atomic E-state index is 0. The van der Waals surface area contributed by atoms with Crippen LogP contribution in [0.25, 0.3) is 11.0 Å². The van der Waals surface area contributed by atoms with E-state index in [2.05, 4.69) is 9.97 Å². The molecule has 0 aliphatic carbocycles. The van der Waals surface area contributed by atoms with Crippen molar-refractivity contribution in [2.75, 3.05) is 26.3 Å². The molecule has 0 saturated heterocycles. The van der Waals surface area contributed by atoms with Crippen molar-refractivity contribution in [3.8, 4) is 0 Å². The molecular formula is C11H14ClN5O6. The molecule has 2 aromatic rings. The van der Waals surface area contributed by atoms with Gasteiger partial charge in [0.05, 0.1) is 34.6 Å². The van der Waals surface area contributed by atoms with Gasteiger partial charge in [-0.15, -0.1) is 0 Å². The lowest BCUT2D eigenvalue weighted by Gasteiger charge is -2.12. The highest BCUT2D eigenvalue weighted by Gasteiger charge is 2.27. The summed E-state index contributed by atoms with van der Waals surface area (Å²) in [6, 6.07) is 2.09. The number of quaternary nitrogens is 1. The smallest absolute Gasteiger partial charge is 0.348 e. The Balaban J connectivity index is 0.00000264. The van der Waals surface area contributed by atoms with Crippen molar-refractivity contribution < 1.29 is 37.4 Å². The predicted molar refractivity (Wildman–Crippen MR) is 73.9 cm³/mol. The summed E-state index contributed by atoms with van der Waals surface area (Å²) in [6.07, 6.45) is 0. The van der Waals surface area contributed by atoms with Gasteiger partial charge < -0.3 is 22.6 Å². The van der Waals surface area contributed by atoms with Crippen molar-refractivity contribution in [2.45, 2.75) is 0 Å². The van der Waals surface area contributed by atoms with E-state index in [-0.39, 0.29) is 49.7 Å². The molecule has 12 heteroatoms. The number of hydrogen-bond donors (Lipinski definition) is 4. The molecule has 0 fully saturated rings. The standard InChI is InChI=1S/C11H13N5O6.ClH/c17-3-1-14(2-4-18)11-12-7-5-9(15(19)20)10(16(21)22)6-8(7)13-11;/h5-6,17-18H,1-4H2,(H,12,13);1H. The summed E-state index contributed by atoms with van der Waals surface area (Å²) < 4.78 is 0. The normalized spacial score (nSPS) is 10.7. The number of H-pyrrole nitrogens is 1. The Morgan fingerprint density at radius 2 is 1.61 bits per heavy atom. The fourth-order valence-corrected chi connectivity index (χ4v) is 2.13. The minimum atomic E-state index is -0.835. The van der Waals surface area contributed by atoms with Gasteiger partial charge in [0.25, 0.3) is 0 Å². The van der Waals surface area contributed by atoms with Crippen LogP contribution in [0, 0.1) is 20.2 Å². The van der Waals surface area contributed by atoms with E-state index < -0.39 is 21.2 Å². The topological polar surface area (TPSA) is 160 Å². The lowest BCUT2D eigenvalue weighted by Crippen LogP contribution is -3.08. The van der Waals surface area contributed by atoms with Crippen molar-refractivity contribution in [2.24, 2.45) is 0 Å². The fraction of sp³-hybridized carbons (Fsp3) is 0.364. The molecule has 0 bridgehead atoms. The van der Waals surface area contributed by atoms with E-state index in [9.17, 15) is 20.2 Å². The molecule has 23 heavy (non-hydrogen) atoms. The highest BCUT2D eigenvalue weighted by molar-refractivity contribution is 5.83. The lowest BCUT2D eigenvalue weighted by molar-refractivity contribution is -0.838. The molecule has 0 atom stereocenters. The molecule has 0 aliphatic rings. The molecule has 11 nitrogen and oxygen atoms in total. The predicted octanol–water partition coefficient (Wildman–Crippen LogP) is -4.12. The summed E-state index contributed by atoms with van der Waals surface area (Å²) in [5.41, 5.74) is -0.777. The van der Waals surface area contributed by atoms with Crippen LogP contribution in [0.2, 0.25) is 0 Å². The molecule has 0 radical (unpaired) electrons. The van der Waals surface area contributed by atoms with Crippen molar-refractivity contribution in [3.05, 3.63) is 32.4 Å². The Kier molecular flexibility index (Phi) is 6.33. The molecule has 126 valence electrons. The molecule has 1 aromatic heterocycles. The zero-order valence-corrected chi connectivity index (χ0v) is 12.5. The number of imidazole rings is 1. The van der Waals surface area contributed by atoms with Gasteiger partial charge in [0.15, 0.2) is 0 Å². The van der Waals surface area contributed by atoms with E-state index in [0.717, 1.165) is 12.1 Å². The van der Waals surface area contributed by atoms with Crippen LogP contribution >= 0.6 is 0 Å². The number of aromatic nitrogens is 2. The Morgan fingerprint density at radius 1 is 1.09 bits per heavy atom. The summed E-state index contributed by atoms with van der Waals surface area (Å²) in [5.74, 6) is 0.341. The van der Waals surface area contributed by atoms with E-state index in [4.69, 9.17) is 10.2 Å². The minimum Gasteiger partial charge on any atom is -1.00 e. The van der Waals surface area contributed by atoms with Crippen LogP contribution in [0.5, 0.6) is 0 Å². The highest BCUT2D eigenvalue weighted by atomic mass is 35.5. The average Bonchev–Trinajstić information content (AvgIpc) is 2.88. The molecule has 0 unspecified atom stereocenters. The second-order valence-corrected chi connectivity index (χ2v) is 4.51. The van der Waals surface area contributed by atoms with Gasteiger partial charge in [-0.1, -0.05) is 0 Å². The SMILES string of the molecule is O=[N+]([O-])c1cc2nc([NH+](CCO)CCO)[nH]c2cc1[N+](=O)[O-].[Cl-]. The van der Waals surface area contributed by atoms with Gasteiger partial charge in [-0.05, 0) is 0 Å². The molecule has 4 N–H and O–H groups in total. The number of aliphatic hydroxyl groups excluding tert-OH is 2. The van der Waals surface area contributed by atoms with Gasteiger partial charge in [0, 0.05) is 6.07 Å². The van der Waals surface area contributed by atoms with Crippen molar-refractivity contribution in [3.63, 3.8) is 0 Å². The quantitative estimate of drug-likeness (QED) is 0.292. The summed E-state index contributed by atoms with van der Waals surface area (Å²) in [6.45, 7) is 0.245. The van der Waals surface area contributed by atoms with Gasteiger partial charge in [-0.25, -0.2) is 0 Å². The Morgan fingerprint density at radius 3 is 2.09 bits per heavy atom. The third-order valence-corrected chi connectivity index (χ3v) is 3.13. The molecule has 0 amide bonds. The van der Waals surface area contributed by atoms with E-state index >= 15 is 0 Å². The molecular weight excluding hydrogens is 334 g/mol. The highest BCUT2D eigenvalue weighted by Crippen LogP contribution is 2.30. The van der Waals surface area contributed by atoms with Crippen LogP contribution in [-0.2, 0) is 0 Å². The third-order valence-electron chi connectivity index (χ3n) is 3.13. The fourth-order valence-electron chi connectivity index (χ4n) is 2.13. The zero-order valence-electron chi connectivity index (χ0n) is 11.7. The van der Waals surface area contributed by atoms with Crippen LogP contribution in [0.3, 0.4) is 0 Å². The van der Waals surface area contributed by atoms with Gasteiger partial charge in [-0.2, -0.15) is 4.98 Å². The van der Waals surface area contributed by atoms with Crippen LogP contribution < -0.4 is 17.3 Å². The maximum Gasteiger partial charge on any atom is 0.348 e. The Hall–Kier alpha value is -2.34. The number of nitro benzene ring substituents is 2. The molecule has 0 saturated carbocycles. The number of aromatic amines is 1. The average molecular weight is 348 g/mol. The van der Waals surface area contributed by atoms with Crippen molar-refractivity contribution >= 4 is 28.4 Å². The second-order valence-electron chi connectivity index (χ2n) is 4.51. The number of halogens is 1. The van der Waals surface area contributed by atoms with Crippen LogP contribution in [-0.4, -0.2) is 56.3 Å². The first-order valence-corrected chi connectivity index (χ1v) is 6.37. The van der Waals surface area contributed by atoms with E-state index in [1.54, 1.807) is 0 Å². The molecule has 0 spiro atoms. The summed E-state index contributed by atoms with van der Waals surface area (Å²) >= 11 is 0. The Labute approximate surface area is 135 Å². The van der Waals surface area contributed by atoms with E-state index in [1.807, 2.05) is 0 Å². The number of fused-ring (bicyclic) bond motifs is 1. The first kappa shape index (κ1) is 18.7. The largest absolute Gasteiger partial charge is 1.00 e. The van der Waals surface area contributed by atoms with Gasteiger partial charge in [0.2, 0.25) is 0 Å². The second kappa shape index (κ2) is 7.78. The third kappa shape index (κ3) is 3.90. The molecule has 1 heterocycles. The number of nitrogens with one attached hydrogen (secondary N) is 2. The summed E-state index contributed by atoms with van der Waals surface area (Å²) in [4.78, 5) is 27.8. The van der Waals surface area contributed by atoms with E-state index in [1.165, 1.54) is 0 Å². The number of hydrogen-bond acceptors (Lipinski definition) is 7. The van der Waals surface area contributed by atoms with Crippen molar-refractivity contribution in [1.29, 1.82) is 0 Å². The number of rotatable bonds is 7. The number of nitro groups is 2. The summed E-state index contributed by atoms with van der Waals surface area (Å²) in [5, 5.41) is 39.8. The monoisotopic (exact) mass is 347 g/mol. The molecule has 2 rings (SSSR count).